The van der Waals surface area contributed by atoms with Crippen LogP contribution in [0, 0.1) is 11.6 Å². The number of hydrogen-bond acceptors (Lipinski definition) is 2. The van der Waals surface area contributed by atoms with Crippen LogP contribution in [0.4, 0.5) is 8.78 Å². The molecule has 0 amide bonds. The lowest BCUT2D eigenvalue weighted by molar-refractivity contribution is -0.0320. The minimum atomic E-state index is -0.545. The van der Waals surface area contributed by atoms with E-state index < -0.39 is 17.7 Å². The van der Waals surface area contributed by atoms with E-state index in [0.717, 1.165) is 0 Å². The number of benzene rings is 1. The first-order chi connectivity index (χ1) is 7.18. The van der Waals surface area contributed by atoms with E-state index in [1.165, 1.54) is 18.2 Å². The van der Waals surface area contributed by atoms with Gasteiger partial charge in [0.1, 0.15) is 17.7 Å². The molecule has 2 atom stereocenters. The lowest BCUT2D eigenvalue weighted by Gasteiger charge is -2.29. The van der Waals surface area contributed by atoms with Crippen LogP contribution in [-0.4, -0.2) is 19.2 Å². The summed E-state index contributed by atoms with van der Waals surface area (Å²) in [6.07, 6.45) is -0.558. The molecule has 82 valence electrons. The standard InChI is InChI=1S/C11H13F2NO/c1-7-5-14-6-10(15-7)11-8(12)3-2-4-9(11)13/h2-4,7,10,14H,5-6H2,1H3. The molecule has 4 heteroatoms. The van der Waals surface area contributed by atoms with Crippen molar-refractivity contribution in [1.82, 2.24) is 5.32 Å². The zero-order chi connectivity index (χ0) is 10.8. The topological polar surface area (TPSA) is 21.3 Å². The summed E-state index contributed by atoms with van der Waals surface area (Å²) in [7, 11) is 0. The van der Waals surface area contributed by atoms with E-state index in [2.05, 4.69) is 5.32 Å². The van der Waals surface area contributed by atoms with Crippen LogP contribution in [0.3, 0.4) is 0 Å². The second kappa shape index (κ2) is 4.24. The van der Waals surface area contributed by atoms with Crippen molar-refractivity contribution in [2.24, 2.45) is 0 Å². The maximum Gasteiger partial charge on any atom is 0.132 e. The van der Waals surface area contributed by atoms with Crippen LogP contribution in [0.15, 0.2) is 18.2 Å². The van der Waals surface area contributed by atoms with Crippen molar-refractivity contribution in [2.75, 3.05) is 13.1 Å². The molecule has 2 nitrogen and oxygen atoms in total. The van der Waals surface area contributed by atoms with Gasteiger partial charge in [-0.05, 0) is 19.1 Å². The average molecular weight is 213 g/mol. The Labute approximate surface area is 87.2 Å². The van der Waals surface area contributed by atoms with Crippen LogP contribution in [0.1, 0.15) is 18.6 Å². The van der Waals surface area contributed by atoms with Crippen molar-refractivity contribution >= 4 is 0 Å². The highest BCUT2D eigenvalue weighted by molar-refractivity contribution is 5.23. The van der Waals surface area contributed by atoms with E-state index in [1.54, 1.807) is 0 Å². The molecule has 1 saturated heterocycles. The normalized spacial score (nSPS) is 26.6. The molecule has 1 aromatic rings. The number of halogens is 2. The van der Waals surface area contributed by atoms with Gasteiger partial charge in [-0.15, -0.1) is 0 Å². The molecule has 0 radical (unpaired) electrons. The molecule has 15 heavy (non-hydrogen) atoms. The van der Waals surface area contributed by atoms with Gasteiger partial charge in [0.25, 0.3) is 0 Å². The summed E-state index contributed by atoms with van der Waals surface area (Å²) in [5, 5.41) is 3.08. The summed E-state index contributed by atoms with van der Waals surface area (Å²) >= 11 is 0. The number of nitrogens with one attached hydrogen (secondary N) is 1. The Morgan fingerprint density at radius 2 is 1.93 bits per heavy atom. The second-order valence-electron chi connectivity index (χ2n) is 3.73. The van der Waals surface area contributed by atoms with Gasteiger partial charge in [0.2, 0.25) is 0 Å². The van der Waals surface area contributed by atoms with Gasteiger partial charge in [0.05, 0.1) is 11.7 Å². The SMILES string of the molecule is CC1CNCC(c2c(F)cccc2F)O1. The lowest BCUT2D eigenvalue weighted by Crippen LogP contribution is -2.39. The zero-order valence-corrected chi connectivity index (χ0v) is 8.47. The maximum absolute atomic E-state index is 13.4. The van der Waals surface area contributed by atoms with Crippen molar-refractivity contribution in [2.45, 2.75) is 19.1 Å². The molecule has 1 heterocycles. The first kappa shape index (κ1) is 10.5. The van der Waals surface area contributed by atoms with E-state index >= 15 is 0 Å². The zero-order valence-electron chi connectivity index (χ0n) is 8.47. The van der Waals surface area contributed by atoms with E-state index in [9.17, 15) is 8.78 Å². The Morgan fingerprint density at radius 1 is 1.27 bits per heavy atom. The second-order valence-corrected chi connectivity index (χ2v) is 3.73. The smallest absolute Gasteiger partial charge is 0.132 e. The molecule has 1 aliphatic heterocycles. The Bertz CT molecular complexity index is 336. The molecule has 1 aromatic carbocycles. The van der Waals surface area contributed by atoms with Gasteiger partial charge >= 0.3 is 0 Å². The van der Waals surface area contributed by atoms with Crippen LogP contribution in [0.5, 0.6) is 0 Å². The van der Waals surface area contributed by atoms with Crippen LogP contribution in [0.25, 0.3) is 0 Å². The van der Waals surface area contributed by atoms with Crippen LogP contribution < -0.4 is 5.32 Å². The van der Waals surface area contributed by atoms with Crippen molar-refractivity contribution < 1.29 is 13.5 Å². The summed E-state index contributed by atoms with van der Waals surface area (Å²) in [4.78, 5) is 0. The van der Waals surface area contributed by atoms with Crippen LogP contribution >= 0.6 is 0 Å². The van der Waals surface area contributed by atoms with Gasteiger partial charge in [-0.1, -0.05) is 6.07 Å². The minimum absolute atomic E-state index is 0.0246. The van der Waals surface area contributed by atoms with Gasteiger partial charge in [0, 0.05) is 13.1 Å². The summed E-state index contributed by atoms with van der Waals surface area (Å²) in [5.41, 5.74) is 0.0246. The predicted octanol–water partition coefficient (Wildman–Crippen LogP) is 2.01. The van der Waals surface area contributed by atoms with Crippen molar-refractivity contribution in [3.63, 3.8) is 0 Å². The maximum atomic E-state index is 13.4. The largest absolute Gasteiger partial charge is 0.368 e. The first-order valence-corrected chi connectivity index (χ1v) is 4.98. The summed E-state index contributed by atoms with van der Waals surface area (Å²) in [6, 6.07) is 3.86. The molecule has 1 aliphatic rings. The van der Waals surface area contributed by atoms with Gasteiger partial charge in [-0.25, -0.2) is 8.78 Å². The van der Waals surface area contributed by atoms with Gasteiger partial charge in [-0.3, -0.25) is 0 Å². The fraction of sp³-hybridized carbons (Fsp3) is 0.455. The first-order valence-electron chi connectivity index (χ1n) is 4.98. The molecule has 1 N–H and O–H groups in total. The Morgan fingerprint density at radius 3 is 2.53 bits per heavy atom. The molecule has 2 rings (SSSR count). The molecular weight excluding hydrogens is 200 g/mol. The Balaban J connectivity index is 2.28. The average Bonchev–Trinajstić information content (AvgIpc) is 2.17. The molecule has 0 aromatic heterocycles. The van der Waals surface area contributed by atoms with Gasteiger partial charge < -0.3 is 10.1 Å². The van der Waals surface area contributed by atoms with E-state index in [4.69, 9.17) is 4.74 Å². The third kappa shape index (κ3) is 2.16. The highest BCUT2D eigenvalue weighted by Crippen LogP contribution is 2.26. The lowest BCUT2D eigenvalue weighted by atomic mass is 10.1. The summed E-state index contributed by atoms with van der Waals surface area (Å²) < 4.78 is 32.3. The van der Waals surface area contributed by atoms with Crippen LogP contribution in [-0.2, 0) is 4.74 Å². The molecule has 2 unspecified atom stereocenters. The molecule has 0 aliphatic carbocycles. The minimum Gasteiger partial charge on any atom is -0.368 e. The van der Waals surface area contributed by atoms with Crippen molar-refractivity contribution in [3.05, 3.63) is 35.4 Å². The Kier molecular flexibility index (Phi) is 2.98. The van der Waals surface area contributed by atoms with E-state index in [0.29, 0.717) is 13.1 Å². The van der Waals surface area contributed by atoms with E-state index in [1.807, 2.05) is 6.92 Å². The summed E-state index contributed by atoms with van der Waals surface area (Å²) in [6.45, 7) is 3.03. The van der Waals surface area contributed by atoms with Gasteiger partial charge in [-0.2, -0.15) is 0 Å². The molecule has 0 bridgehead atoms. The number of morpholine rings is 1. The quantitative estimate of drug-likeness (QED) is 0.770. The van der Waals surface area contributed by atoms with E-state index in [-0.39, 0.29) is 11.7 Å². The predicted molar refractivity (Wildman–Crippen MR) is 52.5 cm³/mol. The Hall–Kier alpha value is -1.00. The molecular formula is C11H13F2NO. The third-order valence-corrected chi connectivity index (χ3v) is 2.48. The number of rotatable bonds is 1. The highest BCUT2D eigenvalue weighted by Gasteiger charge is 2.25. The third-order valence-electron chi connectivity index (χ3n) is 2.48. The van der Waals surface area contributed by atoms with Gasteiger partial charge in [0.15, 0.2) is 0 Å². The fourth-order valence-corrected chi connectivity index (χ4v) is 1.78. The van der Waals surface area contributed by atoms with Crippen molar-refractivity contribution in [1.29, 1.82) is 0 Å². The fourth-order valence-electron chi connectivity index (χ4n) is 1.78. The molecule has 1 fully saturated rings. The molecule has 0 spiro atoms. The molecule has 0 saturated carbocycles. The van der Waals surface area contributed by atoms with Crippen molar-refractivity contribution in [3.8, 4) is 0 Å². The summed E-state index contributed by atoms with van der Waals surface area (Å²) in [5.74, 6) is -1.09. The highest BCUT2D eigenvalue weighted by atomic mass is 19.1. The monoisotopic (exact) mass is 213 g/mol. The number of ether oxygens (including phenoxy) is 1. The van der Waals surface area contributed by atoms with Crippen LogP contribution in [0.2, 0.25) is 0 Å². The number of hydrogen-bond donors (Lipinski definition) is 1.